The number of para-hydroxylation sites is 1. The summed E-state index contributed by atoms with van der Waals surface area (Å²) in [6, 6.07) is 8.47. The molecule has 1 saturated carbocycles. The minimum Gasteiger partial charge on any atom is -0.483 e. The van der Waals surface area contributed by atoms with Crippen molar-refractivity contribution in [3.63, 3.8) is 0 Å². The fourth-order valence-corrected chi connectivity index (χ4v) is 3.88. The van der Waals surface area contributed by atoms with Crippen LogP contribution in [0.3, 0.4) is 0 Å². The maximum Gasteiger partial charge on any atom is 0.202 e. The summed E-state index contributed by atoms with van der Waals surface area (Å²) in [6.45, 7) is 8.27. The molecule has 1 fully saturated rings. The summed E-state index contributed by atoms with van der Waals surface area (Å²) in [4.78, 5) is 12.7. The van der Waals surface area contributed by atoms with Gasteiger partial charge in [-0.3, -0.25) is 4.79 Å². The Balaban J connectivity index is 1.51. The summed E-state index contributed by atoms with van der Waals surface area (Å²) in [5.41, 5.74) is 3.92. The van der Waals surface area contributed by atoms with Crippen molar-refractivity contribution >= 4 is 5.78 Å². The van der Waals surface area contributed by atoms with Gasteiger partial charge in [-0.15, -0.1) is 0 Å². The van der Waals surface area contributed by atoms with E-state index in [9.17, 15) is 4.79 Å². The van der Waals surface area contributed by atoms with Gasteiger partial charge in [-0.2, -0.15) is 0 Å². The van der Waals surface area contributed by atoms with Gasteiger partial charge in [0.15, 0.2) is 18.1 Å². The zero-order chi connectivity index (χ0) is 17.8. The van der Waals surface area contributed by atoms with E-state index in [2.05, 4.69) is 31.4 Å². The van der Waals surface area contributed by atoms with Gasteiger partial charge < -0.3 is 14.0 Å². The number of aryl methyl sites for hydroxylation is 1. The first-order valence-corrected chi connectivity index (χ1v) is 9.01. The van der Waals surface area contributed by atoms with Crippen molar-refractivity contribution in [1.82, 2.24) is 4.57 Å². The highest BCUT2D eigenvalue weighted by molar-refractivity contribution is 5.98. The molecule has 1 aromatic carbocycles. The van der Waals surface area contributed by atoms with Gasteiger partial charge >= 0.3 is 0 Å². The van der Waals surface area contributed by atoms with Crippen LogP contribution in [-0.2, 0) is 6.42 Å². The molecule has 0 atom stereocenters. The molecule has 4 heteroatoms. The van der Waals surface area contributed by atoms with Gasteiger partial charge in [0, 0.05) is 35.0 Å². The van der Waals surface area contributed by atoms with Gasteiger partial charge in [-0.25, -0.2) is 0 Å². The zero-order valence-electron chi connectivity index (χ0n) is 15.4. The minimum absolute atomic E-state index is 0.0230. The molecule has 1 aromatic heterocycles. The Kier molecular flexibility index (Phi) is 3.67. The molecule has 0 amide bonds. The summed E-state index contributed by atoms with van der Waals surface area (Å²) in [7, 11) is 0. The standard InChI is InChI=1S/C21H25NO3/c1-13-10-17(14(2)22(13)16-8-9-16)18(23)12-24-19-7-5-6-15-11-21(3,4)25-20(15)19/h5-7,10,16H,8-9,11-12H2,1-4H3. The molecule has 132 valence electrons. The first-order chi connectivity index (χ1) is 11.9. The number of hydrogen-bond donors (Lipinski definition) is 0. The molecule has 0 unspecified atom stereocenters. The number of carbonyl (C=O) groups is 1. The normalized spacial score (nSPS) is 17.9. The molecule has 1 aliphatic heterocycles. The van der Waals surface area contributed by atoms with Crippen LogP contribution in [0, 0.1) is 13.8 Å². The number of fused-ring (bicyclic) bond motifs is 1. The Labute approximate surface area is 148 Å². The van der Waals surface area contributed by atoms with Crippen molar-refractivity contribution in [2.45, 2.75) is 58.6 Å². The zero-order valence-corrected chi connectivity index (χ0v) is 15.4. The molecule has 0 bridgehead atoms. The second-order valence-corrected chi connectivity index (χ2v) is 7.88. The molecular weight excluding hydrogens is 314 g/mol. The van der Waals surface area contributed by atoms with E-state index in [0.29, 0.717) is 11.8 Å². The molecule has 4 nitrogen and oxygen atoms in total. The Morgan fingerprint density at radius 1 is 1.32 bits per heavy atom. The first-order valence-electron chi connectivity index (χ1n) is 9.01. The number of rotatable bonds is 5. The lowest BCUT2D eigenvalue weighted by Crippen LogP contribution is -2.24. The number of aromatic nitrogens is 1. The molecule has 0 spiro atoms. The Hall–Kier alpha value is -2.23. The Morgan fingerprint density at radius 3 is 2.80 bits per heavy atom. The lowest BCUT2D eigenvalue weighted by atomic mass is 10.0. The molecule has 1 aliphatic carbocycles. The van der Waals surface area contributed by atoms with Gasteiger partial charge in [-0.05, 0) is 52.7 Å². The molecule has 2 aromatic rings. The van der Waals surface area contributed by atoms with Crippen LogP contribution in [0.5, 0.6) is 11.5 Å². The van der Waals surface area contributed by atoms with E-state index in [0.717, 1.165) is 34.7 Å². The number of hydrogen-bond acceptors (Lipinski definition) is 3. The van der Waals surface area contributed by atoms with Crippen LogP contribution >= 0.6 is 0 Å². The quantitative estimate of drug-likeness (QED) is 0.757. The van der Waals surface area contributed by atoms with Crippen LogP contribution in [0.25, 0.3) is 0 Å². The van der Waals surface area contributed by atoms with Gasteiger partial charge in [0.1, 0.15) is 5.60 Å². The summed E-state index contributed by atoms with van der Waals surface area (Å²) in [6.07, 6.45) is 3.28. The van der Waals surface area contributed by atoms with Crippen LogP contribution in [-0.4, -0.2) is 22.6 Å². The number of carbonyl (C=O) groups excluding carboxylic acids is 1. The van der Waals surface area contributed by atoms with Gasteiger partial charge in [0.2, 0.25) is 5.78 Å². The number of Topliss-reactive ketones (excluding diaryl/α,β-unsaturated/α-hetero) is 1. The van der Waals surface area contributed by atoms with E-state index in [1.807, 2.05) is 25.1 Å². The highest BCUT2D eigenvalue weighted by Crippen LogP contribution is 2.42. The average molecular weight is 339 g/mol. The summed E-state index contributed by atoms with van der Waals surface area (Å²) in [5.74, 6) is 1.46. The monoisotopic (exact) mass is 339 g/mol. The fraction of sp³-hybridized carbons (Fsp3) is 0.476. The van der Waals surface area contributed by atoms with E-state index < -0.39 is 0 Å². The predicted octanol–water partition coefficient (Wildman–Crippen LogP) is 4.42. The van der Waals surface area contributed by atoms with Crippen LogP contribution in [0.15, 0.2) is 24.3 Å². The largest absolute Gasteiger partial charge is 0.483 e. The van der Waals surface area contributed by atoms with E-state index in [1.54, 1.807) is 0 Å². The van der Waals surface area contributed by atoms with Crippen molar-refractivity contribution in [3.8, 4) is 11.5 Å². The SMILES string of the molecule is Cc1cc(C(=O)COc2cccc3c2OC(C)(C)C3)c(C)n1C1CC1. The molecule has 25 heavy (non-hydrogen) atoms. The fourth-order valence-electron chi connectivity index (χ4n) is 3.88. The van der Waals surface area contributed by atoms with Crippen molar-refractivity contribution in [2.24, 2.45) is 0 Å². The van der Waals surface area contributed by atoms with Crippen molar-refractivity contribution in [1.29, 1.82) is 0 Å². The Morgan fingerprint density at radius 2 is 2.08 bits per heavy atom. The van der Waals surface area contributed by atoms with Crippen LogP contribution in [0.4, 0.5) is 0 Å². The van der Waals surface area contributed by atoms with E-state index in [-0.39, 0.29) is 18.0 Å². The number of ketones is 1. The number of ether oxygens (including phenoxy) is 2. The van der Waals surface area contributed by atoms with Crippen LogP contribution < -0.4 is 9.47 Å². The predicted molar refractivity (Wildman–Crippen MR) is 96.9 cm³/mol. The molecule has 0 N–H and O–H groups in total. The molecular formula is C21H25NO3. The van der Waals surface area contributed by atoms with Gasteiger partial charge in [-0.1, -0.05) is 12.1 Å². The molecule has 2 heterocycles. The summed E-state index contributed by atoms with van der Waals surface area (Å²) < 4.78 is 14.2. The van der Waals surface area contributed by atoms with Crippen LogP contribution in [0.1, 0.15) is 60.0 Å². The maximum atomic E-state index is 12.7. The molecule has 0 saturated heterocycles. The molecule has 2 aliphatic rings. The van der Waals surface area contributed by atoms with E-state index in [4.69, 9.17) is 9.47 Å². The van der Waals surface area contributed by atoms with Gasteiger partial charge in [0.05, 0.1) is 0 Å². The highest BCUT2D eigenvalue weighted by atomic mass is 16.5. The molecule has 4 rings (SSSR count). The highest BCUT2D eigenvalue weighted by Gasteiger charge is 2.32. The summed E-state index contributed by atoms with van der Waals surface area (Å²) >= 11 is 0. The molecule has 0 radical (unpaired) electrons. The lowest BCUT2D eigenvalue weighted by molar-refractivity contribution is 0.0911. The third kappa shape index (κ3) is 2.94. The van der Waals surface area contributed by atoms with Crippen molar-refractivity contribution in [3.05, 3.63) is 46.8 Å². The maximum absolute atomic E-state index is 12.7. The van der Waals surface area contributed by atoms with Crippen LogP contribution in [0.2, 0.25) is 0 Å². The second kappa shape index (κ2) is 5.65. The minimum atomic E-state index is -0.221. The average Bonchev–Trinajstić information content (AvgIpc) is 3.25. The first kappa shape index (κ1) is 16.2. The Bertz CT molecular complexity index is 843. The topological polar surface area (TPSA) is 40.5 Å². The lowest BCUT2D eigenvalue weighted by Gasteiger charge is -2.18. The van der Waals surface area contributed by atoms with Gasteiger partial charge in [0.25, 0.3) is 0 Å². The summed E-state index contributed by atoms with van der Waals surface area (Å²) in [5, 5.41) is 0. The van der Waals surface area contributed by atoms with Crippen molar-refractivity contribution in [2.75, 3.05) is 6.61 Å². The van der Waals surface area contributed by atoms with E-state index in [1.165, 1.54) is 12.8 Å². The second-order valence-electron chi connectivity index (χ2n) is 7.88. The smallest absolute Gasteiger partial charge is 0.202 e. The number of benzene rings is 1. The third-order valence-electron chi connectivity index (χ3n) is 5.11. The van der Waals surface area contributed by atoms with E-state index >= 15 is 0 Å². The number of nitrogens with zero attached hydrogens (tertiary/aromatic N) is 1. The third-order valence-corrected chi connectivity index (χ3v) is 5.11. The van der Waals surface area contributed by atoms with Crippen molar-refractivity contribution < 1.29 is 14.3 Å².